The summed E-state index contributed by atoms with van der Waals surface area (Å²) in [6.07, 6.45) is 3.13. The predicted octanol–water partition coefficient (Wildman–Crippen LogP) is 3.31. The van der Waals surface area contributed by atoms with Gasteiger partial charge in [-0.25, -0.2) is 0 Å². The number of hydrogen-bond donors (Lipinski definition) is 3. The van der Waals surface area contributed by atoms with Gasteiger partial charge in [0.15, 0.2) is 0 Å². The number of benzene rings is 1. The summed E-state index contributed by atoms with van der Waals surface area (Å²) < 4.78 is 6.36. The van der Waals surface area contributed by atoms with Crippen LogP contribution in [0, 0.1) is 0 Å². The molecule has 0 aliphatic heterocycles. The second kappa shape index (κ2) is 14.6. The highest BCUT2D eigenvalue weighted by molar-refractivity contribution is 5.39. The summed E-state index contributed by atoms with van der Waals surface area (Å²) in [4.78, 5) is 8.54. The van der Waals surface area contributed by atoms with E-state index in [4.69, 9.17) is 4.74 Å². The highest BCUT2D eigenvalue weighted by atomic mass is 16.5. The van der Waals surface area contributed by atoms with Crippen molar-refractivity contribution in [3.05, 3.63) is 59.9 Å². The fourth-order valence-electron chi connectivity index (χ4n) is 4.50. The monoisotopic (exact) mass is 501 g/mol. The summed E-state index contributed by atoms with van der Waals surface area (Å²) in [5, 5.41) is 29.7. The molecule has 1 aromatic carbocycles. The van der Waals surface area contributed by atoms with Crippen molar-refractivity contribution in [3.63, 3.8) is 0 Å². The molecule has 0 spiro atoms. The lowest BCUT2D eigenvalue weighted by Crippen LogP contribution is -2.45. The minimum Gasteiger partial charge on any atom is -0.489 e. The maximum atomic E-state index is 10.1. The Kier molecular flexibility index (Phi) is 12.3. The average Bonchev–Trinajstić information content (AvgIpc) is 2.81. The topological polar surface area (TPSA) is 89.3 Å². The fourth-order valence-corrected chi connectivity index (χ4v) is 4.50. The maximum absolute atomic E-state index is 10.1. The van der Waals surface area contributed by atoms with Crippen LogP contribution in [-0.2, 0) is 5.41 Å². The molecule has 0 bridgehead atoms. The van der Waals surface area contributed by atoms with E-state index in [1.807, 2.05) is 24.4 Å². The number of rotatable bonds is 16. The number of ether oxygens (including phenoxy) is 1. The zero-order valence-electron chi connectivity index (χ0n) is 23.0. The maximum Gasteiger partial charge on any atom is 0.119 e. The smallest absolute Gasteiger partial charge is 0.119 e. The molecule has 0 saturated heterocycles. The van der Waals surface area contributed by atoms with Crippen LogP contribution in [0.2, 0.25) is 0 Å². The molecule has 202 valence electrons. The Hall–Kier alpha value is -2.03. The zero-order valence-corrected chi connectivity index (χ0v) is 23.0. The molecule has 7 nitrogen and oxygen atoms in total. The number of aliphatic hydroxyl groups is 3. The molecule has 2 rings (SSSR count). The molecule has 36 heavy (non-hydrogen) atoms. The summed E-state index contributed by atoms with van der Waals surface area (Å²) in [7, 11) is 0. The fraction of sp³-hybridized carbons (Fsp3) is 0.621. The number of nitrogens with zero attached hydrogens (tertiary/aromatic N) is 3. The average molecular weight is 502 g/mol. The molecule has 0 aliphatic carbocycles. The molecule has 0 saturated carbocycles. The first kappa shape index (κ1) is 30.2. The van der Waals surface area contributed by atoms with Crippen molar-refractivity contribution in [1.82, 2.24) is 14.8 Å². The van der Waals surface area contributed by atoms with Crippen molar-refractivity contribution in [2.45, 2.75) is 77.8 Å². The highest BCUT2D eigenvalue weighted by Gasteiger charge is 2.24. The number of aliphatic hydroxyl groups excluding tert-OH is 3. The quantitative estimate of drug-likeness (QED) is 0.325. The third kappa shape index (κ3) is 10.1. The Morgan fingerprint density at radius 2 is 1.33 bits per heavy atom. The van der Waals surface area contributed by atoms with Crippen molar-refractivity contribution < 1.29 is 20.1 Å². The van der Waals surface area contributed by atoms with E-state index in [1.165, 1.54) is 11.1 Å². The lowest BCUT2D eigenvalue weighted by molar-refractivity contribution is 0.0549. The van der Waals surface area contributed by atoms with Crippen molar-refractivity contribution in [3.8, 4) is 5.75 Å². The molecule has 4 unspecified atom stereocenters. The van der Waals surface area contributed by atoms with E-state index in [1.54, 1.807) is 27.0 Å². The molecular formula is C29H47N3O4. The second-order valence-electron chi connectivity index (χ2n) is 10.6. The first-order valence-electron chi connectivity index (χ1n) is 13.2. The lowest BCUT2D eigenvalue weighted by Gasteiger charge is -2.32. The van der Waals surface area contributed by atoms with E-state index in [9.17, 15) is 15.3 Å². The van der Waals surface area contributed by atoms with Crippen molar-refractivity contribution in [2.75, 3.05) is 39.3 Å². The number of aromatic nitrogens is 1. The van der Waals surface area contributed by atoms with Crippen molar-refractivity contribution >= 4 is 0 Å². The van der Waals surface area contributed by atoms with Gasteiger partial charge in [-0.2, -0.15) is 0 Å². The van der Waals surface area contributed by atoms with Crippen LogP contribution in [0.4, 0.5) is 0 Å². The molecule has 0 aliphatic rings. The van der Waals surface area contributed by atoms with Gasteiger partial charge in [0, 0.05) is 57.1 Å². The first-order chi connectivity index (χ1) is 17.0. The Balaban J connectivity index is 2.04. The molecule has 7 heteroatoms. The van der Waals surface area contributed by atoms with Gasteiger partial charge in [-0.05, 0) is 56.5 Å². The molecule has 0 amide bonds. The van der Waals surface area contributed by atoms with Crippen LogP contribution < -0.4 is 4.74 Å². The van der Waals surface area contributed by atoms with Gasteiger partial charge < -0.3 is 20.1 Å². The summed E-state index contributed by atoms with van der Waals surface area (Å²) in [6, 6.07) is 12.4. The molecule has 0 radical (unpaired) electrons. The summed E-state index contributed by atoms with van der Waals surface area (Å²) in [6.45, 7) is 15.4. The van der Waals surface area contributed by atoms with Crippen LogP contribution in [0.1, 0.15) is 59.1 Å². The summed E-state index contributed by atoms with van der Waals surface area (Å²) >= 11 is 0. The van der Waals surface area contributed by atoms with Crippen LogP contribution >= 0.6 is 0 Å². The molecule has 3 N–H and O–H groups in total. The van der Waals surface area contributed by atoms with Crippen LogP contribution in [0.15, 0.2) is 48.8 Å². The standard InChI is InChI=1S/C29H47N3O4/c1-7-27(21-32(20-24(4)35)16-15-31(18-22(2)33)19-23(3)34)36-28-12-10-25(11-13-28)29(5,6)26-9-8-14-30-17-26/h8-14,17,22-24,27,33-35H,7,15-16,18-21H2,1-6H3. The van der Waals surface area contributed by atoms with Crippen molar-refractivity contribution in [1.29, 1.82) is 0 Å². The Morgan fingerprint density at radius 3 is 1.78 bits per heavy atom. The number of pyridine rings is 1. The van der Waals surface area contributed by atoms with E-state index in [0.29, 0.717) is 39.3 Å². The third-order valence-corrected chi connectivity index (χ3v) is 6.48. The SMILES string of the molecule is CCC(CN(CCN(CC(C)O)CC(C)O)CC(C)O)Oc1ccc(C(C)(C)c2cccnc2)cc1. The van der Waals surface area contributed by atoms with Gasteiger partial charge in [-0.15, -0.1) is 0 Å². The van der Waals surface area contributed by atoms with E-state index < -0.39 is 18.3 Å². The Bertz CT molecular complexity index is 847. The highest BCUT2D eigenvalue weighted by Crippen LogP contribution is 2.32. The minimum absolute atomic E-state index is 0.0251. The predicted molar refractivity (Wildman–Crippen MR) is 145 cm³/mol. The molecule has 2 aromatic rings. The van der Waals surface area contributed by atoms with Crippen molar-refractivity contribution in [2.24, 2.45) is 0 Å². The van der Waals surface area contributed by atoms with Crippen LogP contribution in [0.3, 0.4) is 0 Å². The lowest BCUT2D eigenvalue weighted by atomic mass is 9.79. The molecule has 4 atom stereocenters. The van der Waals surface area contributed by atoms with Gasteiger partial charge in [-0.3, -0.25) is 14.8 Å². The van der Waals surface area contributed by atoms with Gasteiger partial charge >= 0.3 is 0 Å². The van der Waals surface area contributed by atoms with E-state index >= 15 is 0 Å². The molecular weight excluding hydrogens is 454 g/mol. The molecule has 1 aromatic heterocycles. The van der Waals surface area contributed by atoms with Gasteiger partial charge in [0.2, 0.25) is 0 Å². The second-order valence-corrected chi connectivity index (χ2v) is 10.6. The van der Waals surface area contributed by atoms with E-state index in [-0.39, 0.29) is 11.5 Å². The van der Waals surface area contributed by atoms with E-state index in [2.05, 4.69) is 53.8 Å². The minimum atomic E-state index is -0.466. The normalized spacial score (nSPS) is 15.6. The van der Waals surface area contributed by atoms with Gasteiger partial charge in [0.05, 0.1) is 18.3 Å². The van der Waals surface area contributed by atoms with Crippen LogP contribution in [0.25, 0.3) is 0 Å². The van der Waals surface area contributed by atoms with Crippen LogP contribution in [0.5, 0.6) is 5.75 Å². The van der Waals surface area contributed by atoms with Crippen LogP contribution in [-0.4, -0.2) is 93.8 Å². The molecule has 0 fully saturated rings. The van der Waals surface area contributed by atoms with E-state index in [0.717, 1.165) is 12.2 Å². The van der Waals surface area contributed by atoms with Gasteiger partial charge in [0.25, 0.3) is 0 Å². The van der Waals surface area contributed by atoms with Gasteiger partial charge in [-0.1, -0.05) is 39.0 Å². The Morgan fingerprint density at radius 1 is 0.806 bits per heavy atom. The summed E-state index contributed by atoms with van der Waals surface area (Å²) in [5.74, 6) is 0.828. The number of hydrogen-bond acceptors (Lipinski definition) is 7. The summed E-state index contributed by atoms with van der Waals surface area (Å²) in [5.41, 5.74) is 2.21. The third-order valence-electron chi connectivity index (χ3n) is 6.48. The zero-order chi connectivity index (χ0) is 26.7. The first-order valence-corrected chi connectivity index (χ1v) is 13.2. The Labute approximate surface area is 217 Å². The largest absolute Gasteiger partial charge is 0.489 e. The van der Waals surface area contributed by atoms with Gasteiger partial charge in [0.1, 0.15) is 11.9 Å². The molecule has 1 heterocycles.